The third-order valence-electron chi connectivity index (χ3n) is 1.58. The maximum Gasteiger partial charge on any atom is 0.229 e. The van der Waals surface area contributed by atoms with Crippen LogP contribution >= 0.6 is 0 Å². The molecule has 2 rings (SSSR count). The van der Waals surface area contributed by atoms with Crippen LogP contribution in [-0.4, -0.2) is 15.8 Å². The number of imidazole rings is 1. The predicted molar refractivity (Wildman–Crippen MR) is 39.7 cm³/mol. The molecule has 1 aliphatic heterocycles. The highest BCUT2D eigenvalue weighted by atomic mass is 15.2. The summed E-state index contributed by atoms with van der Waals surface area (Å²) < 4.78 is 2.08. The summed E-state index contributed by atoms with van der Waals surface area (Å²) in [7, 11) is 0. The van der Waals surface area contributed by atoms with Crippen LogP contribution in [0.5, 0.6) is 0 Å². The molecule has 0 aromatic carbocycles. The standard InChI is InChI=1S/C7H9N3/c1-6-5-10-4-2-3-8-7(10)9-6/h3,5H,2,4H2,1H3. The molecule has 0 fully saturated rings. The fourth-order valence-corrected chi connectivity index (χ4v) is 1.14. The molecule has 0 aliphatic carbocycles. The Morgan fingerprint density at radius 1 is 1.60 bits per heavy atom. The van der Waals surface area contributed by atoms with E-state index in [1.165, 1.54) is 0 Å². The van der Waals surface area contributed by atoms with Crippen LogP contribution in [0.25, 0.3) is 0 Å². The molecule has 3 nitrogen and oxygen atoms in total. The molecule has 1 aliphatic rings. The summed E-state index contributed by atoms with van der Waals surface area (Å²) in [5, 5.41) is 0. The van der Waals surface area contributed by atoms with Gasteiger partial charge in [0, 0.05) is 25.4 Å². The lowest BCUT2D eigenvalue weighted by Gasteiger charge is -2.04. The Bertz CT molecular complexity index is 272. The van der Waals surface area contributed by atoms with Crippen molar-refractivity contribution in [3.63, 3.8) is 0 Å². The van der Waals surface area contributed by atoms with Crippen molar-refractivity contribution < 1.29 is 0 Å². The molecule has 2 heterocycles. The second kappa shape index (κ2) is 1.94. The lowest BCUT2D eigenvalue weighted by molar-refractivity contribution is 0.716. The van der Waals surface area contributed by atoms with Gasteiger partial charge in [-0.25, -0.2) is 9.98 Å². The number of aryl methyl sites for hydroxylation is 2. The Morgan fingerprint density at radius 2 is 2.50 bits per heavy atom. The highest BCUT2D eigenvalue weighted by Gasteiger charge is 2.05. The fourth-order valence-electron chi connectivity index (χ4n) is 1.14. The van der Waals surface area contributed by atoms with Crippen molar-refractivity contribution in [1.82, 2.24) is 9.55 Å². The predicted octanol–water partition coefficient (Wildman–Crippen LogP) is 1.30. The summed E-state index contributed by atoms with van der Waals surface area (Å²) in [6.07, 6.45) is 4.98. The van der Waals surface area contributed by atoms with Gasteiger partial charge >= 0.3 is 0 Å². The summed E-state index contributed by atoms with van der Waals surface area (Å²) in [5.74, 6) is 0.851. The zero-order chi connectivity index (χ0) is 6.97. The zero-order valence-electron chi connectivity index (χ0n) is 5.91. The molecule has 0 bridgehead atoms. The molecule has 0 atom stereocenters. The highest BCUT2D eigenvalue weighted by molar-refractivity contribution is 5.62. The van der Waals surface area contributed by atoms with Gasteiger partial charge in [0.25, 0.3) is 0 Å². The van der Waals surface area contributed by atoms with E-state index < -0.39 is 0 Å². The van der Waals surface area contributed by atoms with Crippen LogP contribution in [0.2, 0.25) is 0 Å². The van der Waals surface area contributed by atoms with Gasteiger partial charge < -0.3 is 4.57 Å². The molecular weight excluding hydrogens is 126 g/mol. The van der Waals surface area contributed by atoms with Crippen LogP contribution in [0.3, 0.4) is 0 Å². The van der Waals surface area contributed by atoms with Crippen molar-refractivity contribution in [2.24, 2.45) is 4.99 Å². The normalized spacial score (nSPS) is 15.3. The topological polar surface area (TPSA) is 30.2 Å². The van der Waals surface area contributed by atoms with E-state index in [-0.39, 0.29) is 0 Å². The van der Waals surface area contributed by atoms with Crippen molar-refractivity contribution >= 4 is 12.2 Å². The minimum Gasteiger partial charge on any atom is -0.315 e. The summed E-state index contributed by atoms with van der Waals surface area (Å²) in [4.78, 5) is 8.36. The van der Waals surface area contributed by atoms with E-state index in [4.69, 9.17) is 0 Å². The summed E-state index contributed by atoms with van der Waals surface area (Å²) >= 11 is 0. The number of rotatable bonds is 0. The molecule has 10 heavy (non-hydrogen) atoms. The largest absolute Gasteiger partial charge is 0.315 e. The first-order valence-corrected chi connectivity index (χ1v) is 3.42. The molecule has 3 heteroatoms. The summed E-state index contributed by atoms with van der Waals surface area (Å²) in [6.45, 7) is 3.01. The lowest BCUT2D eigenvalue weighted by atomic mass is 10.4. The van der Waals surface area contributed by atoms with E-state index in [2.05, 4.69) is 14.5 Å². The number of nitrogens with zero attached hydrogens (tertiary/aromatic N) is 3. The van der Waals surface area contributed by atoms with E-state index in [0.717, 1.165) is 24.6 Å². The first-order valence-electron chi connectivity index (χ1n) is 3.42. The van der Waals surface area contributed by atoms with E-state index in [0.29, 0.717) is 0 Å². The SMILES string of the molecule is Cc1cn2c(n1)N=CCC2. The average Bonchev–Trinajstić information content (AvgIpc) is 2.27. The quantitative estimate of drug-likeness (QED) is 0.527. The van der Waals surface area contributed by atoms with E-state index in [1.807, 2.05) is 19.3 Å². The third kappa shape index (κ3) is 0.744. The Hall–Kier alpha value is -1.12. The van der Waals surface area contributed by atoms with E-state index >= 15 is 0 Å². The lowest BCUT2D eigenvalue weighted by Crippen LogP contribution is -2.00. The van der Waals surface area contributed by atoms with Gasteiger partial charge in [-0.1, -0.05) is 0 Å². The van der Waals surface area contributed by atoms with Crippen LogP contribution in [0.15, 0.2) is 11.2 Å². The third-order valence-corrected chi connectivity index (χ3v) is 1.58. The molecule has 0 saturated heterocycles. The molecule has 0 saturated carbocycles. The first kappa shape index (κ1) is 5.65. The Labute approximate surface area is 59.4 Å². The van der Waals surface area contributed by atoms with Crippen LogP contribution in [-0.2, 0) is 6.54 Å². The molecule has 0 amide bonds. The van der Waals surface area contributed by atoms with Crippen LogP contribution in [0.4, 0.5) is 5.95 Å². The van der Waals surface area contributed by atoms with Crippen molar-refractivity contribution in [3.8, 4) is 0 Å². The molecule has 1 aromatic rings. The smallest absolute Gasteiger partial charge is 0.229 e. The second-order valence-corrected chi connectivity index (χ2v) is 2.48. The number of hydrogen-bond donors (Lipinski definition) is 0. The first-order chi connectivity index (χ1) is 4.86. The molecule has 0 unspecified atom stereocenters. The van der Waals surface area contributed by atoms with Crippen molar-refractivity contribution in [3.05, 3.63) is 11.9 Å². The molecule has 0 radical (unpaired) electrons. The zero-order valence-corrected chi connectivity index (χ0v) is 5.91. The van der Waals surface area contributed by atoms with Gasteiger partial charge in [0.05, 0.1) is 5.69 Å². The minimum absolute atomic E-state index is 0.851. The van der Waals surface area contributed by atoms with Crippen LogP contribution in [0, 0.1) is 6.92 Å². The Balaban J connectivity index is 2.53. The van der Waals surface area contributed by atoms with Gasteiger partial charge in [0.15, 0.2) is 0 Å². The Kier molecular flexibility index (Phi) is 1.09. The average molecular weight is 135 g/mol. The molecule has 1 aromatic heterocycles. The summed E-state index contributed by atoms with van der Waals surface area (Å²) in [6, 6.07) is 0. The minimum atomic E-state index is 0.851. The Morgan fingerprint density at radius 3 is 3.30 bits per heavy atom. The number of hydrogen-bond acceptors (Lipinski definition) is 2. The van der Waals surface area contributed by atoms with Crippen LogP contribution < -0.4 is 0 Å². The van der Waals surface area contributed by atoms with Gasteiger partial charge in [-0.05, 0) is 6.92 Å². The number of fused-ring (bicyclic) bond motifs is 1. The number of aromatic nitrogens is 2. The van der Waals surface area contributed by atoms with Gasteiger partial charge in [0.1, 0.15) is 0 Å². The molecular formula is C7H9N3. The summed E-state index contributed by atoms with van der Waals surface area (Å²) in [5.41, 5.74) is 1.05. The molecule has 52 valence electrons. The van der Waals surface area contributed by atoms with Crippen LogP contribution in [0.1, 0.15) is 12.1 Å². The van der Waals surface area contributed by atoms with E-state index in [9.17, 15) is 0 Å². The second-order valence-electron chi connectivity index (χ2n) is 2.48. The van der Waals surface area contributed by atoms with Crippen molar-refractivity contribution in [2.75, 3.05) is 0 Å². The van der Waals surface area contributed by atoms with Crippen molar-refractivity contribution in [1.29, 1.82) is 0 Å². The maximum absolute atomic E-state index is 4.22. The van der Waals surface area contributed by atoms with Crippen molar-refractivity contribution in [2.45, 2.75) is 19.9 Å². The van der Waals surface area contributed by atoms with Gasteiger partial charge in [-0.3, -0.25) is 0 Å². The van der Waals surface area contributed by atoms with Gasteiger partial charge in [-0.2, -0.15) is 0 Å². The van der Waals surface area contributed by atoms with E-state index in [1.54, 1.807) is 0 Å². The highest BCUT2D eigenvalue weighted by Crippen LogP contribution is 2.14. The number of aliphatic imine (C=N–C) groups is 1. The maximum atomic E-state index is 4.22. The van der Waals surface area contributed by atoms with Gasteiger partial charge in [0.2, 0.25) is 5.95 Å². The fraction of sp³-hybridized carbons (Fsp3) is 0.429. The monoisotopic (exact) mass is 135 g/mol. The van der Waals surface area contributed by atoms with Gasteiger partial charge in [-0.15, -0.1) is 0 Å². The molecule has 0 N–H and O–H groups in total. The molecule has 0 spiro atoms.